The van der Waals surface area contributed by atoms with E-state index in [4.69, 9.17) is 0 Å². The molecule has 0 saturated heterocycles. The molecule has 2 nitrogen and oxygen atoms in total. The molecule has 0 atom stereocenters. The molecule has 0 fully saturated rings. The van der Waals surface area contributed by atoms with Crippen LogP contribution >= 0.6 is 11.9 Å². The summed E-state index contributed by atoms with van der Waals surface area (Å²) in [6.07, 6.45) is 2.63. The molecule has 0 aliphatic carbocycles. The molecule has 0 N–H and O–H groups in total. The largest absolute Gasteiger partial charge is 0.261 e. The second kappa shape index (κ2) is 7.36. The summed E-state index contributed by atoms with van der Waals surface area (Å²) in [4.78, 5) is 5.07. The van der Waals surface area contributed by atoms with Gasteiger partial charge in [0.05, 0.1) is 5.71 Å². The van der Waals surface area contributed by atoms with Crippen LogP contribution in [-0.4, -0.2) is 10.7 Å². The van der Waals surface area contributed by atoms with E-state index in [0.717, 1.165) is 39.4 Å². The molecule has 1 heterocycles. The molecular formula is C18H19FN2S. The van der Waals surface area contributed by atoms with Gasteiger partial charge in [0.1, 0.15) is 5.82 Å². The first-order valence-electron chi connectivity index (χ1n) is 7.13. The van der Waals surface area contributed by atoms with E-state index in [1.54, 1.807) is 6.20 Å². The standard InChI is InChI=1S/C18H19FN2S/c1-5-15-8-9-17(19)10-18(15)13(3)21-22-14(4)16-7-6-12(2)20-11-16/h6-11H,4-5H2,1-3H3/b21-13+. The Balaban J connectivity index is 2.17. The van der Waals surface area contributed by atoms with Crippen LogP contribution in [0.15, 0.2) is 47.5 Å². The van der Waals surface area contributed by atoms with E-state index < -0.39 is 0 Å². The molecule has 22 heavy (non-hydrogen) atoms. The molecule has 1 aromatic carbocycles. The number of aromatic nitrogens is 1. The molecule has 0 aliphatic heterocycles. The van der Waals surface area contributed by atoms with Gasteiger partial charge in [-0.25, -0.2) is 8.79 Å². The highest BCUT2D eigenvalue weighted by molar-refractivity contribution is 8.07. The predicted octanol–water partition coefficient (Wildman–Crippen LogP) is 5.22. The quantitative estimate of drug-likeness (QED) is 0.558. The molecule has 0 spiro atoms. The first-order chi connectivity index (χ1) is 10.5. The molecule has 0 aliphatic rings. The Morgan fingerprint density at radius 3 is 2.73 bits per heavy atom. The van der Waals surface area contributed by atoms with E-state index >= 15 is 0 Å². The van der Waals surface area contributed by atoms with E-state index in [9.17, 15) is 4.39 Å². The number of aryl methyl sites for hydroxylation is 2. The van der Waals surface area contributed by atoms with Crippen molar-refractivity contribution in [1.29, 1.82) is 0 Å². The third-order valence-electron chi connectivity index (χ3n) is 3.37. The van der Waals surface area contributed by atoms with Gasteiger partial charge in [0.25, 0.3) is 0 Å². The lowest BCUT2D eigenvalue weighted by Crippen LogP contribution is -2.00. The molecule has 0 amide bonds. The van der Waals surface area contributed by atoms with Crippen LogP contribution in [0.2, 0.25) is 0 Å². The first-order valence-corrected chi connectivity index (χ1v) is 7.91. The van der Waals surface area contributed by atoms with Crippen molar-refractivity contribution in [2.75, 3.05) is 0 Å². The Hall–Kier alpha value is -1.94. The Labute approximate surface area is 135 Å². The maximum absolute atomic E-state index is 13.5. The van der Waals surface area contributed by atoms with E-state index in [1.165, 1.54) is 24.1 Å². The van der Waals surface area contributed by atoms with Crippen LogP contribution in [0.1, 0.15) is 36.2 Å². The van der Waals surface area contributed by atoms with Gasteiger partial charge in [0, 0.05) is 39.9 Å². The van der Waals surface area contributed by atoms with Gasteiger partial charge in [-0.3, -0.25) is 4.98 Å². The first kappa shape index (κ1) is 16.4. The molecule has 0 bridgehead atoms. The summed E-state index contributed by atoms with van der Waals surface area (Å²) in [5.74, 6) is -0.242. The normalized spacial score (nSPS) is 11.5. The van der Waals surface area contributed by atoms with Crippen molar-refractivity contribution in [3.05, 3.63) is 71.3 Å². The lowest BCUT2D eigenvalue weighted by molar-refractivity contribution is 0.626. The van der Waals surface area contributed by atoms with Gasteiger partial charge >= 0.3 is 0 Å². The molecule has 2 aromatic rings. The van der Waals surface area contributed by atoms with Crippen LogP contribution in [0.5, 0.6) is 0 Å². The summed E-state index contributed by atoms with van der Waals surface area (Å²) < 4.78 is 17.9. The SMILES string of the molecule is C=C(S/N=C(\C)c1cc(F)ccc1CC)c1ccc(C)nc1. The van der Waals surface area contributed by atoms with Crippen molar-refractivity contribution in [3.8, 4) is 0 Å². The number of pyridine rings is 1. The summed E-state index contributed by atoms with van der Waals surface area (Å²) in [5, 5.41) is 0. The van der Waals surface area contributed by atoms with E-state index in [-0.39, 0.29) is 5.82 Å². The van der Waals surface area contributed by atoms with Crippen LogP contribution < -0.4 is 0 Å². The van der Waals surface area contributed by atoms with Crippen molar-refractivity contribution < 1.29 is 4.39 Å². The summed E-state index contributed by atoms with van der Waals surface area (Å²) >= 11 is 1.29. The zero-order valence-electron chi connectivity index (χ0n) is 13.1. The zero-order chi connectivity index (χ0) is 16.1. The van der Waals surface area contributed by atoms with Gasteiger partial charge in [-0.15, -0.1) is 0 Å². The minimum absolute atomic E-state index is 0.242. The fourth-order valence-corrected chi connectivity index (χ4v) is 2.62. The third kappa shape index (κ3) is 4.04. The van der Waals surface area contributed by atoms with Gasteiger partial charge in [0.15, 0.2) is 0 Å². The molecule has 4 heteroatoms. The van der Waals surface area contributed by atoms with E-state index in [0.29, 0.717) is 0 Å². The van der Waals surface area contributed by atoms with Crippen LogP contribution in [0.25, 0.3) is 4.91 Å². The number of benzene rings is 1. The minimum Gasteiger partial charge on any atom is -0.261 e. The number of halogens is 1. The van der Waals surface area contributed by atoms with Crippen LogP contribution in [-0.2, 0) is 6.42 Å². The summed E-state index contributed by atoms with van der Waals surface area (Å²) in [7, 11) is 0. The van der Waals surface area contributed by atoms with Gasteiger partial charge < -0.3 is 0 Å². The number of hydrogen-bond donors (Lipinski definition) is 0. The minimum atomic E-state index is -0.242. The van der Waals surface area contributed by atoms with E-state index in [2.05, 4.69) is 16.0 Å². The average molecular weight is 314 g/mol. The van der Waals surface area contributed by atoms with Crippen LogP contribution in [0.4, 0.5) is 4.39 Å². The van der Waals surface area contributed by atoms with Gasteiger partial charge in [-0.1, -0.05) is 25.6 Å². The Morgan fingerprint density at radius 1 is 1.32 bits per heavy atom. The van der Waals surface area contributed by atoms with Crippen LogP contribution in [0.3, 0.4) is 0 Å². The fourth-order valence-electron chi connectivity index (χ4n) is 2.05. The van der Waals surface area contributed by atoms with Crippen molar-refractivity contribution in [3.63, 3.8) is 0 Å². The second-order valence-electron chi connectivity index (χ2n) is 5.03. The lowest BCUT2D eigenvalue weighted by atomic mass is 10.0. The summed E-state index contributed by atoms with van der Waals surface area (Å²) in [5.41, 5.74) is 4.65. The molecular weight excluding hydrogens is 295 g/mol. The van der Waals surface area contributed by atoms with Gasteiger partial charge in [-0.2, -0.15) is 0 Å². The molecule has 0 radical (unpaired) electrons. The fraction of sp³-hybridized carbons (Fsp3) is 0.222. The molecule has 0 unspecified atom stereocenters. The predicted molar refractivity (Wildman–Crippen MR) is 93.6 cm³/mol. The van der Waals surface area contributed by atoms with Gasteiger partial charge in [0.2, 0.25) is 0 Å². The number of rotatable bonds is 5. The topological polar surface area (TPSA) is 25.2 Å². The molecule has 2 rings (SSSR count). The van der Waals surface area contributed by atoms with Crippen molar-refractivity contribution >= 4 is 22.6 Å². The van der Waals surface area contributed by atoms with Crippen molar-refractivity contribution in [2.24, 2.45) is 4.40 Å². The monoisotopic (exact) mass is 314 g/mol. The second-order valence-corrected chi connectivity index (χ2v) is 5.89. The lowest BCUT2D eigenvalue weighted by Gasteiger charge is -2.08. The average Bonchev–Trinajstić information content (AvgIpc) is 2.53. The van der Waals surface area contributed by atoms with Crippen molar-refractivity contribution in [2.45, 2.75) is 27.2 Å². The third-order valence-corrected chi connectivity index (χ3v) is 4.19. The zero-order valence-corrected chi connectivity index (χ0v) is 13.9. The Morgan fingerprint density at radius 2 is 2.09 bits per heavy atom. The van der Waals surface area contributed by atoms with Crippen LogP contribution in [0, 0.1) is 12.7 Å². The highest BCUT2D eigenvalue weighted by Crippen LogP contribution is 2.27. The van der Waals surface area contributed by atoms with Crippen molar-refractivity contribution in [1.82, 2.24) is 4.98 Å². The number of hydrogen-bond acceptors (Lipinski definition) is 3. The summed E-state index contributed by atoms with van der Waals surface area (Å²) in [6.45, 7) is 9.90. The smallest absolute Gasteiger partial charge is 0.123 e. The Bertz CT molecular complexity index is 706. The highest BCUT2D eigenvalue weighted by atomic mass is 32.2. The Kier molecular flexibility index (Phi) is 5.50. The van der Waals surface area contributed by atoms with E-state index in [1.807, 2.05) is 39.0 Å². The maximum Gasteiger partial charge on any atom is 0.123 e. The highest BCUT2D eigenvalue weighted by Gasteiger charge is 2.07. The number of nitrogens with zero attached hydrogens (tertiary/aromatic N) is 2. The molecule has 114 valence electrons. The maximum atomic E-state index is 13.5. The van der Waals surface area contributed by atoms with Gasteiger partial charge in [-0.05, 0) is 44.0 Å². The molecule has 0 saturated carbocycles. The summed E-state index contributed by atoms with van der Waals surface area (Å²) in [6, 6.07) is 8.75. The molecule has 1 aromatic heterocycles.